The third-order valence-corrected chi connectivity index (χ3v) is 2.67. The van der Waals surface area contributed by atoms with Crippen molar-refractivity contribution in [2.75, 3.05) is 0 Å². The monoisotopic (exact) mass is 238 g/mol. The average Bonchev–Trinajstić information content (AvgIpc) is 2.94. The van der Waals surface area contributed by atoms with Crippen LogP contribution in [0.25, 0.3) is 16.8 Å². The molecular formula is C13H10N4O. The lowest BCUT2D eigenvalue weighted by atomic mass is 10.1. The minimum atomic E-state index is -0.0877. The van der Waals surface area contributed by atoms with E-state index in [4.69, 9.17) is 0 Å². The van der Waals surface area contributed by atoms with E-state index in [-0.39, 0.29) is 5.56 Å². The fourth-order valence-electron chi connectivity index (χ4n) is 1.76. The molecule has 5 heteroatoms. The summed E-state index contributed by atoms with van der Waals surface area (Å²) in [5.74, 6) is 0. The van der Waals surface area contributed by atoms with Gasteiger partial charge in [-0.05, 0) is 18.2 Å². The fourth-order valence-corrected chi connectivity index (χ4v) is 1.76. The van der Waals surface area contributed by atoms with E-state index in [1.807, 2.05) is 6.07 Å². The second-order valence-electron chi connectivity index (χ2n) is 3.82. The molecular weight excluding hydrogens is 228 g/mol. The molecule has 3 heterocycles. The van der Waals surface area contributed by atoms with Crippen LogP contribution in [0.2, 0.25) is 0 Å². The molecule has 0 bridgehead atoms. The fraction of sp³-hybridized carbons (Fsp3) is 0. The Morgan fingerprint density at radius 3 is 2.78 bits per heavy atom. The van der Waals surface area contributed by atoms with Crippen molar-refractivity contribution in [3.8, 4) is 16.8 Å². The molecule has 0 aromatic carbocycles. The van der Waals surface area contributed by atoms with Crippen molar-refractivity contribution in [2.45, 2.75) is 0 Å². The number of nitrogens with zero attached hydrogens (tertiary/aromatic N) is 3. The van der Waals surface area contributed by atoms with Gasteiger partial charge in [0.1, 0.15) is 0 Å². The Morgan fingerprint density at radius 1 is 1.11 bits per heavy atom. The Labute approximate surface area is 103 Å². The summed E-state index contributed by atoms with van der Waals surface area (Å²) >= 11 is 0. The van der Waals surface area contributed by atoms with Gasteiger partial charge in [-0.2, -0.15) is 5.10 Å². The molecule has 3 aromatic heterocycles. The van der Waals surface area contributed by atoms with Crippen LogP contribution in [0, 0.1) is 0 Å². The molecule has 88 valence electrons. The highest BCUT2D eigenvalue weighted by molar-refractivity contribution is 5.60. The van der Waals surface area contributed by atoms with Crippen LogP contribution in [0.4, 0.5) is 0 Å². The quantitative estimate of drug-likeness (QED) is 0.738. The van der Waals surface area contributed by atoms with Crippen molar-refractivity contribution in [1.82, 2.24) is 19.7 Å². The van der Waals surface area contributed by atoms with Gasteiger partial charge in [-0.15, -0.1) is 0 Å². The summed E-state index contributed by atoms with van der Waals surface area (Å²) in [5, 5.41) is 6.65. The lowest BCUT2D eigenvalue weighted by Crippen LogP contribution is -2.16. The smallest absolute Gasteiger partial charge is 0.255 e. The molecule has 0 amide bonds. The molecule has 18 heavy (non-hydrogen) atoms. The first-order valence-electron chi connectivity index (χ1n) is 5.47. The summed E-state index contributed by atoms with van der Waals surface area (Å²) in [4.78, 5) is 15.9. The van der Waals surface area contributed by atoms with Crippen molar-refractivity contribution < 1.29 is 0 Å². The highest BCUT2D eigenvalue weighted by Gasteiger charge is 2.03. The van der Waals surface area contributed by atoms with Crippen LogP contribution < -0.4 is 5.56 Å². The SMILES string of the molecule is O=c1ccc(-c2cn[nH]c2)cn1-c1cccnc1. The van der Waals surface area contributed by atoms with Gasteiger partial charge < -0.3 is 0 Å². The molecule has 5 nitrogen and oxygen atoms in total. The number of hydrogen-bond acceptors (Lipinski definition) is 3. The number of rotatable bonds is 2. The van der Waals surface area contributed by atoms with Crippen LogP contribution in [0.5, 0.6) is 0 Å². The Balaban J connectivity index is 2.16. The third-order valence-electron chi connectivity index (χ3n) is 2.67. The van der Waals surface area contributed by atoms with Crippen molar-refractivity contribution in [3.05, 3.63) is 65.6 Å². The summed E-state index contributed by atoms with van der Waals surface area (Å²) < 4.78 is 1.56. The predicted octanol–water partition coefficient (Wildman–Crippen LogP) is 1.62. The molecule has 1 N–H and O–H groups in total. The van der Waals surface area contributed by atoms with E-state index in [9.17, 15) is 4.79 Å². The molecule has 3 rings (SSSR count). The standard InChI is InChI=1S/C13H10N4O/c18-13-4-3-10(11-6-15-16-7-11)9-17(13)12-2-1-5-14-8-12/h1-9H,(H,15,16). The molecule has 0 saturated carbocycles. The van der Waals surface area contributed by atoms with Crippen LogP contribution in [0.3, 0.4) is 0 Å². The van der Waals surface area contributed by atoms with E-state index >= 15 is 0 Å². The van der Waals surface area contributed by atoms with E-state index < -0.39 is 0 Å². The van der Waals surface area contributed by atoms with E-state index in [0.717, 1.165) is 16.8 Å². The molecule has 0 aliphatic rings. The maximum absolute atomic E-state index is 11.9. The Bertz CT molecular complexity index is 701. The lowest BCUT2D eigenvalue weighted by molar-refractivity contribution is 0.980. The highest BCUT2D eigenvalue weighted by atomic mass is 16.1. The summed E-state index contributed by atoms with van der Waals surface area (Å²) in [6.45, 7) is 0. The number of H-pyrrole nitrogens is 1. The predicted molar refractivity (Wildman–Crippen MR) is 67.4 cm³/mol. The summed E-state index contributed by atoms with van der Waals surface area (Å²) in [6.07, 6.45) is 8.61. The summed E-state index contributed by atoms with van der Waals surface area (Å²) in [5.41, 5.74) is 2.52. The number of aromatic amines is 1. The molecule has 0 aliphatic carbocycles. The van der Waals surface area contributed by atoms with Gasteiger partial charge in [-0.25, -0.2) is 0 Å². The second-order valence-corrected chi connectivity index (χ2v) is 3.82. The molecule has 0 fully saturated rings. The number of aromatic nitrogens is 4. The molecule has 3 aromatic rings. The summed E-state index contributed by atoms with van der Waals surface area (Å²) in [7, 11) is 0. The maximum atomic E-state index is 11.9. The lowest BCUT2D eigenvalue weighted by Gasteiger charge is -2.06. The highest BCUT2D eigenvalue weighted by Crippen LogP contribution is 2.16. The van der Waals surface area contributed by atoms with Crippen LogP contribution in [-0.4, -0.2) is 19.7 Å². The number of hydrogen-bond donors (Lipinski definition) is 1. The van der Waals surface area contributed by atoms with Gasteiger partial charge in [0, 0.05) is 35.8 Å². The first kappa shape index (κ1) is 10.5. The van der Waals surface area contributed by atoms with Crippen LogP contribution in [-0.2, 0) is 0 Å². The molecule has 0 aliphatic heterocycles. The van der Waals surface area contributed by atoms with Gasteiger partial charge in [0.15, 0.2) is 0 Å². The van der Waals surface area contributed by atoms with Gasteiger partial charge >= 0.3 is 0 Å². The normalized spacial score (nSPS) is 10.4. The van der Waals surface area contributed by atoms with Crippen LogP contribution in [0.15, 0.2) is 60.0 Å². The van der Waals surface area contributed by atoms with Crippen molar-refractivity contribution >= 4 is 0 Å². The number of nitrogens with one attached hydrogen (secondary N) is 1. The largest absolute Gasteiger partial charge is 0.285 e. The van der Waals surface area contributed by atoms with Crippen LogP contribution >= 0.6 is 0 Å². The van der Waals surface area contributed by atoms with Crippen LogP contribution in [0.1, 0.15) is 0 Å². The molecule has 0 radical (unpaired) electrons. The first-order chi connectivity index (χ1) is 8.84. The van der Waals surface area contributed by atoms with Gasteiger partial charge in [0.25, 0.3) is 5.56 Å². The topological polar surface area (TPSA) is 63.6 Å². The number of pyridine rings is 2. The second kappa shape index (κ2) is 4.29. The Kier molecular flexibility index (Phi) is 2.49. The molecule has 0 spiro atoms. The van der Waals surface area contributed by atoms with E-state index in [1.54, 1.807) is 47.7 Å². The third kappa shape index (κ3) is 1.82. The van der Waals surface area contributed by atoms with Gasteiger partial charge in [-0.1, -0.05) is 0 Å². The zero-order chi connectivity index (χ0) is 12.4. The summed E-state index contributed by atoms with van der Waals surface area (Å²) in [6, 6.07) is 6.95. The Hall–Kier alpha value is -2.69. The maximum Gasteiger partial charge on any atom is 0.255 e. The van der Waals surface area contributed by atoms with Crippen molar-refractivity contribution in [3.63, 3.8) is 0 Å². The van der Waals surface area contributed by atoms with Gasteiger partial charge in [-0.3, -0.25) is 19.4 Å². The zero-order valence-electron chi connectivity index (χ0n) is 9.45. The Morgan fingerprint density at radius 2 is 2.06 bits per heavy atom. The van der Waals surface area contributed by atoms with E-state index in [0.29, 0.717) is 0 Å². The van der Waals surface area contributed by atoms with Gasteiger partial charge in [0.2, 0.25) is 0 Å². The van der Waals surface area contributed by atoms with E-state index in [1.165, 1.54) is 6.07 Å². The first-order valence-corrected chi connectivity index (χ1v) is 5.47. The molecule has 0 atom stereocenters. The average molecular weight is 238 g/mol. The van der Waals surface area contributed by atoms with Crippen molar-refractivity contribution in [2.24, 2.45) is 0 Å². The molecule has 0 saturated heterocycles. The van der Waals surface area contributed by atoms with E-state index in [2.05, 4.69) is 15.2 Å². The zero-order valence-corrected chi connectivity index (χ0v) is 9.45. The minimum Gasteiger partial charge on any atom is -0.285 e. The molecule has 0 unspecified atom stereocenters. The minimum absolute atomic E-state index is 0.0877. The van der Waals surface area contributed by atoms with Gasteiger partial charge in [0.05, 0.1) is 18.1 Å². The van der Waals surface area contributed by atoms with Crippen molar-refractivity contribution in [1.29, 1.82) is 0 Å².